The molecule has 0 amide bonds. The maximum Gasteiger partial charge on any atom is 0.280 e. The predicted molar refractivity (Wildman–Crippen MR) is 115 cm³/mol. The third-order valence-electron chi connectivity index (χ3n) is 5.18. The second-order valence-corrected chi connectivity index (χ2v) is 6.90. The maximum atomic E-state index is 11.3. The van der Waals surface area contributed by atoms with Crippen LogP contribution >= 0.6 is 0 Å². The molecule has 0 spiro atoms. The SMILES string of the molecule is C=c1c(C#N)c2[nH]c(N)c(C#N)c(C)c-2/c1=C/c1ccc(-c2ccccc2[N+](=O)[O-])o1. The van der Waals surface area contributed by atoms with Gasteiger partial charge in [0.25, 0.3) is 5.69 Å². The van der Waals surface area contributed by atoms with E-state index < -0.39 is 4.92 Å². The summed E-state index contributed by atoms with van der Waals surface area (Å²) in [6, 6.07) is 13.8. The summed E-state index contributed by atoms with van der Waals surface area (Å²) >= 11 is 0. The Morgan fingerprint density at radius 1 is 1.19 bits per heavy atom. The lowest BCUT2D eigenvalue weighted by molar-refractivity contribution is -0.384. The number of fused-ring (bicyclic) bond motifs is 1. The number of hydrogen-bond acceptors (Lipinski definition) is 6. The molecule has 1 aliphatic carbocycles. The second-order valence-electron chi connectivity index (χ2n) is 6.90. The topological polar surface area (TPSA) is 146 Å². The van der Waals surface area contributed by atoms with Gasteiger partial charge in [-0.05, 0) is 47.2 Å². The molecule has 1 aromatic carbocycles. The first-order valence-corrected chi connectivity index (χ1v) is 9.15. The molecule has 8 nitrogen and oxygen atoms in total. The number of anilines is 1. The molecule has 0 bridgehead atoms. The summed E-state index contributed by atoms with van der Waals surface area (Å²) in [6.07, 6.45) is 1.70. The van der Waals surface area contributed by atoms with Crippen molar-refractivity contribution in [1.82, 2.24) is 4.98 Å². The molecule has 1 aromatic heterocycles. The zero-order valence-electron chi connectivity index (χ0n) is 16.4. The predicted octanol–water partition coefficient (Wildman–Crippen LogP) is 3.16. The van der Waals surface area contributed by atoms with E-state index >= 15 is 0 Å². The van der Waals surface area contributed by atoms with Gasteiger partial charge < -0.3 is 15.1 Å². The summed E-state index contributed by atoms with van der Waals surface area (Å²) < 4.78 is 5.86. The number of aromatic nitrogens is 1. The normalized spacial score (nSPS) is 11.4. The minimum Gasteiger partial charge on any atom is -0.456 e. The lowest BCUT2D eigenvalue weighted by atomic mass is 10.0. The van der Waals surface area contributed by atoms with Crippen LogP contribution in [-0.4, -0.2) is 9.91 Å². The fraction of sp³-hybridized carbons (Fsp3) is 0.0435. The molecule has 0 fully saturated rings. The Bertz CT molecular complexity index is 1530. The van der Waals surface area contributed by atoms with Crippen LogP contribution in [0.15, 0.2) is 40.8 Å². The number of nitro groups is 1. The third kappa shape index (κ3) is 3.00. The van der Waals surface area contributed by atoms with Gasteiger partial charge in [0, 0.05) is 11.6 Å². The minimum atomic E-state index is -0.466. The molecule has 4 rings (SSSR count). The van der Waals surface area contributed by atoms with E-state index in [2.05, 4.69) is 23.7 Å². The first-order valence-electron chi connectivity index (χ1n) is 9.15. The third-order valence-corrected chi connectivity index (χ3v) is 5.18. The van der Waals surface area contributed by atoms with Crippen molar-refractivity contribution in [3.63, 3.8) is 0 Å². The summed E-state index contributed by atoms with van der Waals surface area (Å²) in [5.41, 5.74) is 8.63. The number of hydrogen-bond donors (Lipinski definition) is 2. The van der Waals surface area contributed by atoms with Crippen molar-refractivity contribution in [2.45, 2.75) is 6.92 Å². The first kappa shape index (κ1) is 19.5. The van der Waals surface area contributed by atoms with Crippen LogP contribution in [-0.2, 0) is 0 Å². The van der Waals surface area contributed by atoms with Gasteiger partial charge in [-0.2, -0.15) is 10.5 Å². The van der Waals surface area contributed by atoms with Crippen molar-refractivity contribution in [1.29, 1.82) is 10.5 Å². The highest BCUT2D eigenvalue weighted by molar-refractivity contribution is 5.81. The van der Waals surface area contributed by atoms with E-state index in [-0.39, 0.29) is 17.1 Å². The molecule has 31 heavy (non-hydrogen) atoms. The quantitative estimate of drug-likeness (QED) is 0.392. The molecule has 0 saturated carbocycles. The Balaban J connectivity index is 1.97. The molecular formula is C23H15N5O3. The maximum absolute atomic E-state index is 11.3. The van der Waals surface area contributed by atoms with Crippen molar-refractivity contribution in [2.24, 2.45) is 0 Å². The number of para-hydroxylation sites is 1. The lowest BCUT2D eigenvalue weighted by Gasteiger charge is -2.10. The van der Waals surface area contributed by atoms with E-state index in [1.165, 1.54) is 6.07 Å². The van der Waals surface area contributed by atoms with Gasteiger partial charge in [0.2, 0.25) is 0 Å². The molecule has 0 saturated heterocycles. The number of nitrogen functional groups attached to an aromatic ring is 1. The Morgan fingerprint density at radius 2 is 1.90 bits per heavy atom. The van der Waals surface area contributed by atoms with Gasteiger partial charge in [0.15, 0.2) is 0 Å². The first-order chi connectivity index (χ1) is 14.9. The summed E-state index contributed by atoms with van der Waals surface area (Å²) in [5, 5.41) is 31.5. The van der Waals surface area contributed by atoms with Crippen LogP contribution in [0.25, 0.3) is 35.2 Å². The smallest absolute Gasteiger partial charge is 0.280 e. The Labute approximate surface area is 176 Å². The highest BCUT2D eigenvalue weighted by Crippen LogP contribution is 2.32. The van der Waals surface area contributed by atoms with Crippen molar-refractivity contribution >= 4 is 24.2 Å². The summed E-state index contributed by atoms with van der Waals surface area (Å²) in [7, 11) is 0. The van der Waals surface area contributed by atoms with Crippen LogP contribution in [0.2, 0.25) is 0 Å². The lowest BCUT2D eigenvalue weighted by Crippen LogP contribution is -2.21. The number of nitro benzene ring substituents is 1. The van der Waals surface area contributed by atoms with Crippen LogP contribution in [0.5, 0.6) is 0 Å². The Morgan fingerprint density at radius 3 is 2.58 bits per heavy atom. The van der Waals surface area contributed by atoms with E-state index in [9.17, 15) is 20.6 Å². The molecule has 2 heterocycles. The average Bonchev–Trinajstić information content (AvgIpc) is 3.31. The molecule has 0 atom stereocenters. The number of H-pyrrole nitrogens is 1. The number of nitrogens with one attached hydrogen (secondary N) is 1. The van der Waals surface area contributed by atoms with Crippen molar-refractivity contribution in [2.75, 3.05) is 5.73 Å². The van der Waals surface area contributed by atoms with E-state index in [0.717, 1.165) is 0 Å². The zero-order valence-corrected chi connectivity index (χ0v) is 16.4. The molecular weight excluding hydrogens is 394 g/mol. The molecule has 1 aliphatic heterocycles. The zero-order chi connectivity index (χ0) is 22.3. The molecule has 2 aromatic rings. The minimum absolute atomic E-state index is 0.0636. The number of nitriles is 2. The fourth-order valence-corrected chi connectivity index (χ4v) is 3.72. The van der Waals surface area contributed by atoms with Gasteiger partial charge in [0.1, 0.15) is 29.5 Å². The van der Waals surface area contributed by atoms with Crippen LogP contribution < -0.4 is 16.2 Å². The monoisotopic (exact) mass is 409 g/mol. The molecule has 3 N–H and O–H groups in total. The van der Waals surface area contributed by atoms with Crippen molar-refractivity contribution < 1.29 is 9.34 Å². The van der Waals surface area contributed by atoms with Crippen molar-refractivity contribution in [3.8, 4) is 34.7 Å². The van der Waals surface area contributed by atoms with Gasteiger partial charge in [-0.25, -0.2) is 0 Å². The molecule has 2 aliphatic rings. The van der Waals surface area contributed by atoms with Crippen LogP contribution in [0.1, 0.15) is 22.5 Å². The van der Waals surface area contributed by atoms with Crippen LogP contribution in [0, 0.1) is 39.7 Å². The van der Waals surface area contributed by atoms with E-state index in [4.69, 9.17) is 10.2 Å². The number of aromatic amines is 1. The van der Waals surface area contributed by atoms with E-state index in [0.29, 0.717) is 49.9 Å². The second kappa shape index (κ2) is 7.21. The largest absolute Gasteiger partial charge is 0.456 e. The van der Waals surface area contributed by atoms with E-state index in [1.807, 2.05) is 0 Å². The highest BCUT2D eigenvalue weighted by Gasteiger charge is 2.22. The number of nitrogens with two attached hydrogens (primary N) is 1. The highest BCUT2D eigenvalue weighted by atomic mass is 16.6. The number of rotatable bonds is 3. The summed E-state index contributed by atoms with van der Waals surface area (Å²) in [5.74, 6) is 0.937. The fourth-order valence-electron chi connectivity index (χ4n) is 3.72. The standard InChI is InChI=1S/C23H15N5O3/c1-12-16(21-13(2)18(11-25)23(26)27-22(21)17(12)10-24)9-14-7-8-20(31-14)15-5-3-4-6-19(15)28(29)30/h3-9,27H,1,26H2,2H3/b16-9+. The average molecular weight is 409 g/mol. The van der Waals surface area contributed by atoms with Gasteiger partial charge in [-0.3, -0.25) is 10.1 Å². The van der Waals surface area contributed by atoms with Crippen LogP contribution in [0.3, 0.4) is 0 Å². The summed E-state index contributed by atoms with van der Waals surface area (Å²) in [6.45, 7) is 5.78. The Hall–Kier alpha value is -4.82. The van der Waals surface area contributed by atoms with Gasteiger partial charge in [-0.1, -0.05) is 18.7 Å². The number of pyridine rings is 1. The van der Waals surface area contributed by atoms with Crippen LogP contribution in [0.4, 0.5) is 11.5 Å². The van der Waals surface area contributed by atoms with Gasteiger partial charge in [0.05, 0.1) is 27.3 Å². The molecule has 150 valence electrons. The van der Waals surface area contributed by atoms with Gasteiger partial charge in [-0.15, -0.1) is 0 Å². The Kier molecular flexibility index (Phi) is 4.54. The van der Waals surface area contributed by atoms with E-state index in [1.54, 1.807) is 43.3 Å². The molecule has 8 heteroatoms. The van der Waals surface area contributed by atoms with Crippen molar-refractivity contribution in [3.05, 3.63) is 79.4 Å². The molecule has 0 radical (unpaired) electrons. The molecule has 0 unspecified atom stereocenters. The van der Waals surface area contributed by atoms with Gasteiger partial charge >= 0.3 is 0 Å². The number of nitrogens with zero attached hydrogens (tertiary/aromatic N) is 3. The summed E-state index contributed by atoms with van der Waals surface area (Å²) in [4.78, 5) is 13.8. The number of benzene rings is 1. The number of furan rings is 1.